The van der Waals surface area contributed by atoms with E-state index in [0.717, 1.165) is 63.9 Å². The average Bonchev–Trinajstić information content (AvgIpc) is 3.46. The molecule has 3 heterocycles. The number of nitrogens with zero attached hydrogens (tertiary/aromatic N) is 4. The maximum atomic E-state index is 14.2. The fourth-order valence-corrected chi connectivity index (χ4v) is 7.67. The highest BCUT2D eigenvalue weighted by molar-refractivity contribution is 6.30. The van der Waals surface area contributed by atoms with Gasteiger partial charge in [-0.25, -0.2) is 0 Å². The van der Waals surface area contributed by atoms with Crippen LogP contribution in [0.4, 0.5) is 0 Å². The third-order valence-electron chi connectivity index (χ3n) is 9.84. The quantitative estimate of drug-likeness (QED) is 0.355. The normalized spacial score (nSPS) is 23.2. The maximum Gasteiger partial charge on any atom is 0.227 e. The topological polar surface area (TPSA) is 51.7 Å². The van der Waals surface area contributed by atoms with Gasteiger partial charge in [-0.15, -0.1) is 0 Å². The molecule has 2 saturated heterocycles. The summed E-state index contributed by atoms with van der Waals surface area (Å²) in [6.07, 6.45) is 10.1. The number of nitrogens with one attached hydrogen (secondary N) is 1. The largest absolute Gasteiger partial charge is 0.340 e. The molecule has 222 valence electrons. The number of hydrogen-bond donors (Lipinski definition) is 1. The Kier molecular flexibility index (Phi) is 9.55. The summed E-state index contributed by atoms with van der Waals surface area (Å²) < 4.78 is 0. The lowest BCUT2D eigenvalue weighted by atomic mass is 9.79. The van der Waals surface area contributed by atoms with E-state index < -0.39 is 0 Å². The number of carbonyl (C=O) groups excluding carboxylic acids is 1. The van der Waals surface area contributed by atoms with Crippen molar-refractivity contribution < 1.29 is 4.79 Å². The van der Waals surface area contributed by atoms with Gasteiger partial charge in [0, 0.05) is 87.8 Å². The highest BCUT2D eigenvalue weighted by Crippen LogP contribution is 2.37. The zero-order chi connectivity index (χ0) is 28.8. The van der Waals surface area contributed by atoms with E-state index in [-0.39, 0.29) is 17.4 Å². The number of pyridine rings is 1. The van der Waals surface area contributed by atoms with E-state index in [4.69, 9.17) is 11.6 Å². The highest BCUT2D eigenvalue weighted by Gasteiger charge is 2.43. The lowest BCUT2D eigenvalue weighted by Crippen LogP contribution is -2.62. The zero-order valence-electron chi connectivity index (χ0n) is 24.6. The molecule has 2 aromatic carbocycles. The van der Waals surface area contributed by atoms with Gasteiger partial charge in [-0.3, -0.25) is 19.6 Å². The first-order valence-electron chi connectivity index (χ1n) is 15.7. The molecule has 0 radical (unpaired) electrons. The Morgan fingerprint density at radius 3 is 2.29 bits per heavy atom. The molecule has 2 aliphatic heterocycles. The third kappa shape index (κ3) is 6.89. The first kappa shape index (κ1) is 29.3. The van der Waals surface area contributed by atoms with Gasteiger partial charge in [-0.05, 0) is 53.8 Å². The van der Waals surface area contributed by atoms with E-state index >= 15 is 0 Å². The van der Waals surface area contributed by atoms with E-state index in [9.17, 15) is 4.79 Å². The number of halogens is 1. The van der Waals surface area contributed by atoms with Gasteiger partial charge in [-0.2, -0.15) is 0 Å². The first-order chi connectivity index (χ1) is 20.6. The van der Waals surface area contributed by atoms with Crippen molar-refractivity contribution >= 4 is 17.5 Å². The van der Waals surface area contributed by atoms with Crippen molar-refractivity contribution in [2.24, 2.45) is 5.92 Å². The number of aromatic nitrogens is 1. The van der Waals surface area contributed by atoms with E-state index in [1.807, 2.05) is 24.5 Å². The van der Waals surface area contributed by atoms with Crippen LogP contribution in [-0.4, -0.2) is 76.9 Å². The summed E-state index contributed by atoms with van der Waals surface area (Å²) >= 11 is 6.23. The van der Waals surface area contributed by atoms with E-state index in [1.54, 1.807) is 0 Å². The zero-order valence-corrected chi connectivity index (χ0v) is 25.4. The molecule has 3 aliphatic rings. The summed E-state index contributed by atoms with van der Waals surface area (Å²) in [5.74, 6) is 0.462. The molecule has 0 bridgehead atoms. The Bertz CT molecular complexity index is 1270. The van der Waals surface area contributed by atoms with E-state index in [1.165, 1.54) is 48.8 Å². The van der Waals surface area contributed by atoms with Crippen LogP contribution in [0.2, 0.25) is 5.02 Å². The molecule has 1 amide bonds. The number of carbonyl (C=O) groups is 1. The van der Waals surface area contributed by atoms with Gasteiger partial charge in [0.25, 0.3) is 0 Å². The first-order valence-corrected chi connectivity index (χ1v) is 16.1. The Balaban J connectivity index is 1.11. The summed E-state index contributed by atoms with van der Waals surface area (Å²) in [6.45, 7) is 7.96. The molecule has 0 unspecified atom stereocenters. The molecular weight excluding hydrogens is 542 g/mol. The molecule has 0 spiro atoms. The molecule has 6 nitrogen and oxygen atoms in total. The smallest absolute Gasteiger partial charge is 0.227 e. The van der Waals surface area contributed by atoms with Crippen LogP contribution in [-0.2, 0) is 17.9 Å². The van der Waals surface area contributed by atoms with Crippen molar-refractivity contribution in [3.8, 4) is 0 Å². The second kappa shape index (κ2) is 13.7. The van der Waals surface area contributed by atoms with Gasteiger partial charge >= 0.3 is 0 Å². The van der Waals surface area contributed by atoms with Crippen LogP contribution in [0, 0.1) is 5.92 Å². The Morgan fingerprint density at radius 2 is 1.57 bits per heavy atom. The summed E-state index contributed by atoms with van der Waals surface area (Å²) in [6, 6.07) is 22.9. The minimum atomic E-state index is -0.0351. The van der Waals surface area contributed by atoms with Crippen LogP contribution in [0.5, 0.6) is 0 Å². The summed E-state index contributed by atoms with van der Waals surface area (Å²) in [5.41, 5.74) is 3.98. The Labute approximate surface area is 256 Å². The summed E-state index contributed by atoms with van der Waals surface area (Å²) in [7, 11) is 0. The van der Waals surface area contributed by atoms with Crippen molar-refractivity contribution in [2.45, 2.75) is 56.7 Å². The van der Waals surface area contributed by atoms with Crippen LogP contribution in [0.1, 0.15) is 54.7 Å². The number of benzene rings is 2. The minimum Gasteiger partial charge on any atom is -0.340 e. The third-order valence-corrected chi connectivity index (χ3v) is 10.1. The van der Waals surface area contributed by atoms with Crippen molar-refractivity contribution in [3.05, 3.63) is 101 Å². The van der Waals surface area contributed by atoms with Crippen LogP contribution in [0.3, 0.4) is 0 Å². The molecule has 1 saturated carbocycles. The molecule has 1 aliphatic carbocycles. The van der Waals surface area contributed by atoms with Crippen molar-refractivity contribution in [3.63, 3.8) is 0 Å². The molecule has 2 atom stereocenters. The van der Waals surface area contributed by atoms with Gasteiger partial charge in [0.05, 0.1) is 5.92 Å². The number of likely N-dealkylation sites (tertiary alicyclic amines) is 1. The van der Waals surface area contributed by atoms with Crippen LogP contribution < -0.4 is 5.32 Å². The van der Waals surface area contributed by atoms with Crippen LogP contribution in [0.15, 0.2) is 79.1 Å². The average molecular weight is 586 g/mol. The van der Waals surface area contributed by atoms with Gasteiger partial charge in [0.1, 0.15) is 0 Å². The maximum absolute atomic E-state index is 14.2. The van der Waals surface area contributed by atoms with E-state index in [0.29, 0.717) is 5.91 Å². The van der Waals surface area contributed by atoms with Crippen molar-refractivity contribution in [2.75, 3.05) is 45.8 Å². The predicted octanol–water partition coefficient (Wildman–Crippen LogP) is 5.59. The standard InChI is InChI=1S/C35H44ClN5O/c36-31-11-9-30(10-12-31)32-25-39(24-29-7-3-1-4-8-29)26-33(32)34(42)40-19-21-41(22-20-40)35(15-5-2-6-16-35)27-38-23-28-13-17-37-18-14-28/h1,3-4,7-14,17-18,32-33,38H,2,5-6,15-16,19-27H2/t32-,33+/m1/s1. The molecule has 1 aromatic heterocycles. The number of amides is 1. The van der Waals surface area contributed by atoms with Gasteiger partial charge in [0.2, 0.25) is 5.91 Å². The Morgan fingerprint density at radius 1 is 0.857 bits per heavy atom. The molecule has 42 heavy (non-hydrogen) atoms. The second-order valence-electron chi connectivity index (χ2n) is 12.5. The highest BCUT2D eigenvalue weighted by atomic mass is 35.5. The predicted molar refractivity (Wildman–Crippen MR) is 169 cm³/mol. The monoisotopic (exact) mass is 585 g/mol. The van der Waals surface area contributed by atoms with Crippen LogP contribution in [0.25, 0.3) is 0 Å². The molecule has 3 fully saturated rings. The lowest BCUT2D eigenvalue weighted by molar-refractivity contribution is -0.138. The van der Waals surface area contributed by atoms with Crippen LogP contribution >= 0.6 is 11.6 Å². The summed E-state index contributed by atoms with van der Waals surface area (Å²) in [4.78, 5) is 25.7. The van der Waals surface area contributed by atoms with Crippen molar-refractivity contribution in [1.82, 2.24) is 25.0 Å². The van der Waals surface area contributed by atoms with Gasteiger partial charge in [-0.1, -0.05) is 73.3 Å². The molecule has 6 rings (SSSR count). The minimum absolute atomic E-state index is 0.0351. The lowest BCUT2D eigenvalue weighted by Gasteiger charge is -2.50. The molecular formula is C35H44ClN5O. The fourth-order valence-electron chi connectivity index (χ4n) is 7.54. The molecule has 1 N–H and O–H groups in total. The molecule has 7 heteroatoms. The SMILES string of the molecule is O=C([C@H]1CN(Cc2ccccc2)C[C@@H]1c1ccc(Cl)cc1)N1CCN(C2(CNCc3ccncc3)CCCCC2)CC1. The number of piperazine rings is 1. The summed E-state index contributed by atoms with van der Waals surface area (Å²) in [5, 5.41) is 4.52. The number of rotatable bonds is 9. The van der Waals surface area contributed by atoms with Gasteiger partial charge in [0.15, 0.2) is 0 Å². The number of hydrogen-bond acceptors (Lipinski definition) is 5. The van der Waals surface area contributed by atoms with Crippen molar-refractivity contribution in [1.29, 1.82) is 0 Å². The van der Waals surface area contributed by atoms with E-state index in [2.05, 4.69) is 79.6 Å². The van der Waals surface area contributed by atoms with Gasteiger partial charge < -0.3 is 10.2 Å². The second-order valence-corrected chi connectivity index (χ2v) is 12.9. The fraction of sp³-hybridized carbons (Fsp3) is 0.486. The Hall–Kier alpha value is -2.77. The molecule has 3 aromatic rings.